The third-order valence-electron chi connectivity index (χ3n) is 2.69. The molecule has 6 heteroatoms. The Bertz CT molecular complexity index is 407. The number of hydrogen-bond acceptors (Lipinski definition) is 1. The maximum Gasteiger partial charge on any atom is 1.00 e. The van der Waals surface area contributed by atoms with Crippen LogP contribution in [0.3, 0.4) is 0 Å². The average Bonchev–Trinajstić information content (AvgIpc) is 2.25. The quantitative estimate of drug-likeness (QED) is 0.721. The van der Waals surface area contributed by atoms with Crippen LogP contribution < -0.4 is 56.3 Å². The van der Waals surface area contributed by atoms with Crippen molar-refractivity contribution in [2.24, 2.45) is 0 Å². The molecule has 1 aromatic rings. The zero-order chi connectivity index (χ0) is 13.1. The molecule has 0 saturated carbocycles. The molecule has 0 aliphatic heterocycles. The molecule has 0 unspecified atom stereocenters. The van der Waals surface area contributed by atoms with Crippen LogP contribution in [0, 0.1) is 6.92 Å². The van der Waals surface area contributed by atoms with E-state index in [1.165, 1.54) is 0 Å². The van der Waals surface area contributed by atoms with E-state index in [9.17, 15) is 12.9 Å². The average molecular weight is 281 g/mol. The minimum Gasteiger partial charge on any atom is -0.445 e. The van der Waals surface area contributed by atoms with E-state index in [4.69, 9.17) is 0 Å². The van der Waals surface area contributed by atoms with E-state index in [0.717, 1.165) is 11.3 Å². The molecule has 0 aliphatic rings. The van der Waals surface area contributed by atoms with Crippen molar-refractivity contribution < 1.29 is 64.3 Å². The van der Waals surface area contributed by atoms with Gasteiger partial charge in [-0.3, -0.25) is 0 Å². The summed E-state index contributed by atoms with van der Waals surface area (Å²) in [7, 11) is 0. The summed E-state index contributed by atoms with van der Waals surface area (Å²) in [6.45, 7) is 2.26. The van der Waals surface area contributed by atoms with Gasteiger partial charge in [0, 0.05) is 18.8 Å². The first-order valence-electron chi connectivity index (χ1n) is 5.54. The zero-order valence-electron chi connectivity index (χ0n) is 11.1. The standard InChI is InChI=1S/C12H16BF3N.K/c1-4-17(9-11(3)13(14,15)16)12-8-6-5-7-10(12)2;/h5-8H,3-4,9H2,1-2H3;/q-1;+1. The van der Waals surface area contributed by atoms with Crippen LogP contribution in [0.4, 0.5) is 18.6 Å². The third kappa shape index (κ3) is 5.09. The van der Waals surface area contributed by atoms with Gasteiger partial charge in [0.25, 0.3) is 0 Å². The van der Waals surface area contributed by atoms with Gasteiger partial charge in [0.1, 0.15) is 0 Å². The largest absolute Gasteiger partial charge is 1.00 e. The van der Waals surface area contributed by atoms with Gasteiger partial charge in [-0.15, -0.1) is 12.1 Å². The summed E-state index contributed by atoms with van der Waals surface area (Å²) in [6.07, 6.45) is 0. The Kier molecular flexibility index (Phi) is 7.86. The summed E-state index contributed by atoms with van der Waals surface area (Å²) in [5.41, 5.74) is 1.14. The summed E-state index contributed by atoms with van der Waals surface area (Å²) in [5, 5.41) is 0. The number of halogens is 3. The number of anilines is 1. The third-order valence-corrected chi connectivity index (χ3v) is 2.69. The van der Waals surface area contributed by atoms with Gasteiger partial charge in [-0.05, 0) is 25.5 Å². The van der Waals surface area contributed by atoms with Gasteiger partial charge in [-0.1, -0.05) is 18.2 Å². The van der Waals surface area contributed by atoms with E-state index >= 15 is 0 Å². The molecule has 0 spiro atoms. The van der Waals surface area contributed by atoms with E-state index < -0.39 is 12.4 Å². The molecule has 0 aromatic heterocycles. The second kappa shape index (κ2) is 7.75. The number of hydrogen-bond donors (Lipinski definition) is 0. The maximum atomic E-state index is 12.5. The van der Waals surface area contributed by atoms with Crippen LogP contribution in [0.5, 0.6) is 0 Å². The van der Waals surface area contributed by atoms with Crippen LogP contribution in [0.25, 0.3) is 0 Å². The van der Waals surface area contributed by atoms with Crippen molar-refractivity contribution in [2.75, 3.05) is 18.0 Å². The number of aryl methyl sites for hydroxylation is 1. The molecule has 0 aliphatic carbocycles. The Labute approximate surface area is 149 Å². The zero-order valence-corrected chi connectivity index (χ0v) is 14.2. The second-order valence-corrected chi connectivity index (χ2v) is 4.03. The molecule has 0 bridgehead atoms. The predicted molar refractivity (Wildman–Crippen MR) is 67.3 cm³/mol. The van der Waals surface area contributed by atoms with Gasteiger partial charge in [0.05, 0.1) is 0 Å². The van der Waals surface area contributed by atoms with Gasteiger partial charge >= 0.3 is 58.4 Å². The smallest absolute Gasteiger partial charge is 0.445 e. The molecule has 1 aromatic carbocycles. The van der Waals surface area contributed by atoms with Gasteiger partial charge in [-0.2, -0.15) is 0 Å². The summed E-state index contributed by atoms with van der Waals surface area (Å²) in [5.74, 6) is 0. The van der Waals surface area contributed by atoms with Crippen molar-refractivity contribution in [3.63, 3.8) is 0 Å². The van der Waals surface area contributed by atoms with Crippen LogP contribution in [0.1, 0.15) is 12.5 Å². The maximum absolute atomic E-state index is 12.5. The molecule has 1 rings (SSSR count). The first-order valence-corrected chi connectivity index (χ1v) is 5.54. The van der Waals surface area contributed by atoms with Crippen LogP contribution >= 0.6 is 0 Å². The molecular weight excluding hydrogens is 265 g/mol. The molecule has 94 valence electrons. The fraction of sp³-hybridized carbons (Fsp3) is 0.333. The van der Waals surface area contributed by atoms with Crippen molar-refractivity contribution in [3.05, 3.63) is 41.9 Å². The summed E-state index contributed by atoms with van der Waals surface area (Å²) < 4.78 is 37.5. The number of rotatable bonds is 5. The first-order chi connectivity index (χ1) is 7.86. The Morgan fingerprint density at radius 3 is 2.28 bits per heavy atom. The van der Waals surface area contributed by atoms with Crippen LogP contribution in [-0.4, -0.2) is 20.1 Å². The van der Waals surface area contributed by atoms with Crippen molar-refractivity contribution in [2.45, 2.75) is 13.8 Å². The molecule has 0 fully saturated rings. The van der Waals surface area contributed by atoms with E-state index in [-0.39, 0.29) is 57.9 Å². The van der Waals surface area contributed by atoms with Gasteiger partial charge < -0.3 is 17.8 Å². The van der Waals surface area contributed by atoms with E-state index in [1.54, 1.807) is 4.90 Å². The van der Waals surface area contributed by atoms with E-state index in [0.29, 0.717) is 6.54 Å². The topological polar surface area (TPSA) is 3.24 Å². The number of benzene rings is 1. The Balaban J connectivity index is 0.00000289. The minimum atomic E-state index is -4.95. The first kappa shape index (κ1) is 18.3. The molecule has 0 atom stereocenters. The molecule has 0 N–H and O–H groups in total. The Morgan fingerprint density at radius 2 is 1.83 bits per heavy atom. The monoisotopic (exact) mass is 281 g/mol. The fourth-order valence-electron chi connectivity index (χ4n) is 1.63. The van der Waals surface area contributed by atoms with Crippen LogP contribution in [0.2, 0.25) is 0 Å². The van der Waals surface area contributed by atoms with Gasteiger partial charge in [0.15, 0.2) is 0 Å². The van der Waals surface area contributed by atoms with Gasteiger partial charge in [0.2, 0.25) is 0 Å². The fourth-order valence-corrected chi connectivity index (χ4v) is 1.63. The van der Waals surface area contributed by atoms with Crippen molar-refractivity contribution in [1.29, 1.82) is 0 Å². The predicted octanol–water partition coefficient (Wildman–Crippen LogP) is 0.768. The number of para-hydroxylation sites is 1. The van der Waals surface area contributed by atoms with E-state index in [2.05, 4.69) is 6.58 Å². The molecule has 0 amide bonds. The van der Waals surface area contributed by atoms with Gasteiger partial charge in [-0.25, -0.2) is 0 Å². The Morgan fingerprint density at radius 1 is 1.28 bits per heavy atom. The molecule has 0 heterocycles. The Hall–Kier alpha value is 0.251. The second-order valence-electron chi connectivity index (χ2n) is 4.03. The number of likely N-dealkylation sites (N-methyl/N-ethyl adjacent to an activating group) is 1. The molecule has 18 heavy (non-hydrogen) atoms. The summed E-state index contributed by atoms with van der Waals surface area (Å²) in [4.78, 5) is 1.69. The molecule has 0 radical (unpaired) electrons. The van der Waals surface area contributed by atoms with E-state index in [1.807, 2.05) is 38.1 Å². The van der Waals surface area contributed by atoms with Crippen LogP contribution in [-0.2, 0) is 0 Å². The minimum absolute atomic E-state index is 0. The molecule has 0 saturated heterocycles. The van der Waals surface area contributed by atoms with Crippen LogP contribution in [0.15, 0.2) is 36.3 Å². The number of nitrogens with zero attached hydrogens (tertiary/aromatic N) is 1. The molecular formula is C12H16BF3KN. The van der Waals surface area contributed by atoms with Crippen molar-refractivity contribution >= 4 is 12.7 Å². The normalized spacial score (nSPS) is 10.7. The molecule has 1 nitrogen and oxygen atoms in total. The van der Waals surface area contributed by atoms with Crippen molar-refractivity contribution in [1.82, 2.24) is 0 Å². The summed E-state index contributed by atoms with van der Waals surface area (Å²) in [6, 6.07) is 7.41. The van der Waals surface area contributed by atoms with Crippen molar-refractivity contribution in [3.8, 4) is 0 Å². The summed E-state index contributed by atoms with van der Waals surface area (Å²) >= 11 is 0. The SMILES string of the molecule is C=C(CN(CC)c1ccccc1C)[B-](F)(F)F.[K+].